The summed E-state index contributed by atoms with van der Waals surface area (Å²) in [4.78, 5) is 3.64. The zero-order chi connectivity index (χ0) is 11.2. The number of rotatable bonds is 4. The van der Waals surface area contributed by atoms with Gasteiger partial charge in [-0.3, -0.25) is 4.99 Å². The fraction of sp³-hybridized carbons (Fsp3) is 0.500. The summed E-state index contributed by atoms with van der Waals surface area (Å²) in [7, 11) is 0. The molecular formula is C10H14F3N. The van der Waals surface area contributed by atoms with Gasteiger partial charge in [0, 0.05) is 11.9 Å². The molecule has 0 rings (SSSR count). The minimum absolute atomic E-state index is 0.00379. The second kappa shape index (κ2) is 5.62. The van der Waals surface area contributed by atoms with Crippen molar-refractivity contribution in [2.45, 2.75) is 32.9 Å². The summed E-state index contributed by atoms with van der Waals surface area (Å²) in [6.07, 6.45) is -1.21. The lowest BCUT2D eigenvalue weighted by atomic mass is 10.1. The topological polar surface area (TPSA) is 12.4 Å². The van der Waals surface area contributed by atoms with Gasteiger partial charge in [-0.25, -0.2) is 0 Å². The van der Waals surface area contributed by atoms with Gasteiger partial charge in [-0.2, -0.15) is 13.2 Å². The highest BCUT2D eigenvalue weighted by Crippen LogP contribution is 2.31. The average Bonchev–Trinajstić information content (AvgIpc) is 2.08. The van der Waals surface area contributed by atoms with Gasteiger partial charge in [-0.05, 0) is 13.3 Å². The van der Waals surface area contributed by atoms with Crippen LogP contribution in [0.2, 0.25) is 0 Å². The van der Waals surface area contributed by atoms with Crippen LogP contribution in [0.25, 0.3) is 0 Å². The van der Waals surface area contributed by atoms with Gasteiger partial charge in [0.15, 0.2) is 0 Å². The van der Waals surface area contributed by atoms with Crippen LogP contribution in [-0.2, 0) is 0 Å². The second-order valence-corrected chi connectivity index (χ2v) is 2.83. The van der Waals surface area contributed by atoms with E-state index in [1.807, 2.05) is 0 Å². The Kier molecular flexibility index (Phi) is 5.20. The molecule has 14 heavy (non-hydrogen) atoms. The van der Waals surface area contributed by atoms with Crippen LogP contribution in [0.15, 0.2) is 28.9 Å². The Morgan fingerprint density at radius 1 is 1.43 bits per heavy atom. The van der Waals surface area contributed by atoms with Gasteiger partial charge in [0.2, 0.25) is 0 Å². The molecule has 0 amide bonds. The third-order valence-electron chi connectivity index (χ3n) is 1.65. The van der Waals surface area contributed by atoms with Crippen LogP contribution in [-0.4, -0.2) is 12.4 Å². The van der Waals surface area contributed by atoms with Crippen molar-refractivity contribution in [3.63, 3.8) is 0 Å². The Morgan fingerprint density at radius 2 is 2.00 bits per heavy atom. The summed E-state index contributed by atoms with van der Waals surface area (Å²) in [5.74, 6) is 0. The van der Waals surface area contributed by atoms with Gasteiger partial charge in [-0.1, -0.05) is 26.0 Å². The van der Waals surface area contributed by atoms with E-state index in [-0.39, 0.29) is 12.1 Å². The van der Waals surface area contributed by atoms with E-state index in [0.29, 0.717) is 6.42 Å². The van der Waals surface area contributed by atoms with Crippen LogP contribution < -0.4 is 0 Å². The lowest BCUT2D eigenvalue weighted by Gasteiger charge is -2.12. The maximum atomic E-state index is 12.4. The Morgan fingerprint density at radius 3 is 2.36 bits per heavy atom. The molecule has 0 spiro atoms. The predicted molar refractivity (Wildman–Crippen MR) is 52.4 cm³/mol. The van der Waals surface area contributed by atoms with Gasteiger partial charge in [0.05, 0.1) is 5.57 Å². The van der Waals surface area contributed by atoms with Crippen LogP contribution in [0.1, 0.15) is 26.7 Å². The lowest BCUT2D eigenvalue weighted by Crippen LogP contribution is -2.13. The number of halogens is 3. The van der Waals surface area contributed by atoms with Gasteiger partial charge >= 0.3 is 6.18 Å². The molecule has 0 aliphatic rings. The van der Waals surface area contributed by atoms with Crippen molar-refractivity contribution < 1.29 is 13.2 Å². The van der Waals surface area contributed by atoms with E-state index in [0.717, 1.165) is 0 Å². The van der Waals surface area contributed by atoms with Crippen molar-refractivity contribution in [3.8, 4) is 0 Å². The highest BCUT2D eigenvalue weighted by atomic mass is 19.4. The second-order valence-electron chi connectivity index (χ2n) is 2.83. The van der Waals surface area contributed by atoms with Crippen LogP contribution in [0.5, 0.6) is 0 Å². The van der Waals surface area contributed by atoms with E-state index in [1.165, 1.54) is 19.2 Å². The number of aliphatic imine (C=N–C) groups is 1. The number of hydrogen-bond acceptors (Lipinski definition) is 1. The van der Waals surface area contributed by atoms with Crippen molar-refractivity contribution in [1.29, 1.82) is 0 Å². The lowest BCUT2D eigenvalue weighted by molar-refractivity contribution is -0.0949. The summed E-state index contributed by atoms with van der Waals surface area (Å²) in [6, 6.07) is 0. The van der Waals surface area contributed by atoms with E-state index in [1.54, 1.807) is 6.92 Å². The summed E-state index contributed by atoms with van der Waals surface area (Å²) < 4.78 is 37.3. The van der Waals surface area contributed by atoms with Crippen molar-refractivity contribution in [2.75, 3.05) is 0 Å². The third-order valence-corrected chi connectivity index (χ3v) is 1.65. The van der Waals surface area contributed by atoms with Crippen molar-refractivity contribution in [1.82, 2.24) is 0 Å². The minimum atomic E-state index is -4.28. The minimum Gasteiger partial charge on any atom is -0.261 e. The molecule has 0 aromatic rings. The predicted octanol–water partition coefficient (Wildman–Crippen LogP) is 3.88. The Hall–Kier alpha value is -1.06. The quantitative estimate of drug-likeness (QED) is 0.617. The number of hydrogen-bond donors (Lipinski definition) is 0. The largest absolute Gasteiger partial charge is 0.414 e. The molecule has 0 fully saturated rings. The van der Waals surface area contributed by atoms with Gasteiger partial charge in [0.25, 0.3) is 0 Å². The van der Waals surface area contributed by atoms with Crippen molar-refractivity contribution >= 4 is 6.21 Å². The van der Waals surface area contributed by atoms with Crippen LogP contribution in [0.4, 0.5) is 13.2 Å². The van der Waals surface area contributed by atoms with E-state index in [4.69, 9.17) is 0 Å². The molecule has 0 heterocycles. The maximum absolute atomic E-state index is 12.4. The molecule has 80 valence electrons. The molecule has 1 nitrogen and oxygen atoms in total. The van der Waals surface area contributed by atoms with Crippen molar-refractivity contribution in [2.24, 2.45) is 4.99 Å². The fourth-order valence-electron chi connectivity index (χ4n) is 1.02. The number of allylic oxidation sites excluding steroid dienone is 3. The third kappa shape index (κ3) is 4.25. The molecule has 0 bridgehead atoms. The zero-order valence-electron chi connectivity index (χ0n) is 8.36. The van der Waals surface area contributed by atoms with Gasteiger partial charge in [0.1, 0.15) is 0 Å². The maximum Gasteiger partial charge on any atom is 0.414 e. The van der Waals surface area contributed by atoms with Crippen LogP contribution in [0, 0.1) is 0 Å². The number of nitrogens with zero attached hydrogens (tertiary/aromatic N) is 1. The first-order chi connectivity index (χ1) is 6.43. The SMILES string of the molecule is C=CC=N/C(C)=C(\CCC)C(F)(F)F. The highest BCUT2D eigenvalue weighted by molar-refractivity contribution is 5.71. The van der Waals surface area contributed by atoms with Gasteiger partial charge < -0.3 is 0 Å². The first-order valence-corrected chi connectivity index (χ1v) is 4.35. The Labute approximate surface area is 82.0 Å². The van der Waals surface area contributed by atoms with E-state index in [9.17, 15) is 13.2 Å². The standard InChI is InChI=1S/C10H14F3N/c1-4-6-9(10(11,12)13)8(3)14-7-5-2/h5,7H,2,4,6H2,1,3H3/b9-8+,14-7?. The van der Waals surface area contributed by atoms with Crippen LogP contribution >= 0.6 is 0 Å². The van der Waals surface area contributed by atoms with Crippen LogP contribution in [0.3, 0.4) is 0 Å². The normalized spacial score (nSPS) is 14.4. The van der Waals surface area contributed by atoms with E-state index in [2.05, 4.69) is 11.6 Å². The highest BCUT2D eigenvalue weighted by Gasteiger charge is 2.34. The van der Waals surface area contributed by atoms with Gasteiger partial charge in [-0.15, -0.1) is 0 Å². The molecule has 0 aromatic heterocycles. The summed E-state index contributed by atoms with van der Waals surface area (Å²) in [5, 5.41) is 0. The molecular weight excluding hydrogens is 191 g/mol. The van der Waals surface area contributed by atoms with E-state index >= 15 is 0 Å². The van der Waals surface area contributed by atoms with Crippen molar-refractivity contribution in [3.05, 3.63) is 23.9 Å². The molecule has 0 saturated heterocycles. The summed E-state index contributed by atoms with van der Waals surface area (Å²) in [6.45, 7) is 6.41. The Balaban J connectivity index is 4.94. The molecule has 0 saturated carbocycles. The molecule has 4 heteroatoms. The molecule has 0 atom stereocenters. The number of alkyl halides is 3. The summed E-state index contributed by atoms with van der Waals surface area (Å²) >= 11 is 0. The Bertz CT molecular complexity index is 249. The molecule has 0 unspecified atom stereocenters. The first kappa shape index (κ1) is 12.9. The fourth-order valence-corrected chi connectivity index (χ4v) is 1.02. The summed E-state index contributed by atoms with van der Waals surface area (Å²) in [5.41, 5.74) is -0.544. The first-order valence-electron chi connectivity index (χ1n) is 4.35. The average molecular weight is 205 g/mol. The monoisotopic (exact) mass is 205 g/mol. The van der Waals surface area contributed by atoms with E-state index < -0.39 is 11.7 Å². The zero-order valence-corrected chi connectivity index (χ0v) is 8.36. The molecule has 0 aromatic carbocycles. The molecule has 0 N–H and O–H groups in total. The smallest absolute Gasteiger partial charge is 0.261 e. The molecule has 0 aliphatic heterocycles. The molecule has 0 aliphatic carbocycles. The molecule has 0 radical (unpaired) electrons.